The van der Waals surface area contributed by atoms with Crippen molar-refractivity contribution in [3.63, 3.8) is 0 Å². The van der Waals surface area contributed by atoms with E-state index in [0.717, 1.165) is 11.2 Å². The van der Waals surface area contributed by atoms with Crippen LogP contribution >= 0.6 is 0 Å². The van der Waals surface area contributed by atoms with Crippen LogP contribution in [-0.2, 0) is 27.2 Å². The Morgan fingerprint density at radius 1 is 1.12 bits per heavy atom. The predicted octanol–water partition coefficient (Wildman–Crippen LogP) is 2.09. The van der Waals surface area contributed by atoms with Gasteiger partial charge in [0.2, 0.25) is 10.4 Å². The second-order valence-corrected chi connectivity index (χ2v) is 5.62. The molecule has 0 aromatic heterocycles. The summed E-state index contributed by atoms with van der Waals surface area (Å²) >= 11 is 3.71. The Kier molecular flexibility index (Phi) is 13.0. The first-order valence-electron chi connectivity index (χ1n) is 6.13. The third-order valence-corrected chi connectivity index (χ3v) is 3.82. The van der Waals surface area contributed by atoms with Gasteiger partial charge in [-0.3, -0.25) is 4.18 Å². The zero-order valence-electron chi connectivity index (χ0n) is 11.2. The Morgan fingerprint density at radius 3 is 1.71 bits per heavy atom. The molecule has 0 N–H and O–H groups in total. The van der Waals surface area contributed by atoms with Crippen molar-refractivity contribution in [1.82, 2.24) is 0 Å². The molecule has 0 aromatic rings. The van der Waals surface area contributed by atoms with Crippen molar-refractivity contribution < 1.29 is 17.2 Å². The summed E-state index contributed by atoms with van der Waals surface area (Å²) in [5.74, 6) is 0.881. The van der Waals surface area contributed by atoms with Crippen LogP contribution in [-0.4, -0.2) is 24.8 Å². The minimum atomic E-state index is -4.44. The molecule has 0 aromatic carbocycles. The van der Waals surface area contributed by atoms with E-state index in [1.165, 1.54) is 19.3 Å². The van der Waals surface area contributed by atoms with Crippen molar-refractivity contribution in [3.05, 3.63) is 0 Å². The lowest BCUT2D eigenvalue weighted by Crippen LogP contribution is -2.15. The predicted molar refractivity (Wildman–Crippen MR) is 74.2 cm³/mol. The molecule has 0 bridgehead atoms. The van der Waals surface area contributed by atoms with Crippen LogP contribution in [0.25, 0.3) is 0 Å². The van der Waals surface area contributed by atoms with Gasteiger partial charge in [-0.2, -0.15) is 0 Å². The fourth-order valence-corrected chi connectivity index (χ4v) is 2.22. The van der Waals surface area contributed by atoms with Gasteiger partial charge in [-0.25, -0.2) is 8.42 Å². The second-order valence-electron chi connectivity index (χ2n) is 3.82. The molecule has 0 aliphatic carbocycles. The third kappa shape index (κ3) is 14.2. The zero-order valence-corrected chi connectivity index (χ0v) is 13.0. The van der Waals surface area contributed by atoms with E-state index in [4.69, 9.17) is 0 Å². The molecule has 6 heteroatoms. The molecule has 0 saturated carbocycles. The van der Waals surface area contributed by atoms with Crippen molar-refractivity contribution in [1.29, 1.82) is 0 Å². The Labute approximate surface area is 112 Å². The lowest BCUT2D eigenvalue weighted by atomic mass is 9.98. The molecule has 0 amide bonds. The molecule has 0 heterocycles. The van der Waals surface area contributed by atoms with E-state index < -0.39 is 10.4 Å². The molecule has 1 unspecified atom stereocenters. The summed E-state index contributed by atoms with van der Waals surface area (Å²) in [5, 5.41) is 0.736. The summed E-state index contributed by atoms with van der Waals surface area (Å²) < 4.78 is 32.6. The molecule has 0 aliphatic heterocycles. The normalized spacial score (nSPS) is 13.1. The van der Waals surface area contributed by atoms with E-state index in [-0.39, 0.29) is 6.61 Å². The van der Waals surface area contributed by atoms with Gasteiger partial charge >= 0.3 is 0 Å². The molecular formula is C11H26O4S2. The highest BCUT2D eigenvalue weighted by Crippen LogP contribution is 2.15. The summed E-state index contributed by atoms with van der Waals surface area (Å²) in [6, 6.07) is 0. The number of rotatable bonds is 7. The third-order valence-electron chi connectivity index (χ3n) is 2.49. The molecule has 0 aliphatic rings. The minimum Gasteiger partial charge on any atom is -0.726 e. The summed E-state index contributed by atoms with van der Waals surface area (Å²) in [6.45, 7) is 8.45. The van der Waals surface area contributed by atoms with Crippen LogP contribution in [0.3, 0.4) is 0 Å². The highest BCUT2D eigenvalue weighted by atomic mass is 32.3. The van der Waals surface area contributed by atoms with E-state index in [9.17, 15) is 13.0 Å². The molecule has 0 rings (SSSR count). The van der Waals surface area contributed by atoms with Gasteiger partial charge in [-0.15, -0.1) is 0 Å². The van der Waals surface area contributed by atoms with Gasteiger partial charge in [0.05, 0.1) is 6.61 Å². The fraction of sp³-hybridized carbons (Fsp3) is 1.00. The Balaban J connectivity index is 0. The van der Waals surface area contributed by atoms with Gasteiger partial charge in [-0.05, 0) is 38.3 Å². The maximum absolute atomic E-state index is 9.61. The Bertz CT molecular complexity index is 248. The molecule has 0 radical (unpaired) electrons. The maximum Gasteiger partial charge on any atom is 0.217 e. The van der Waals surface area contributed by atoms with Gasteiger partial charge in [0.25, 0.3) is 0 Å². The van der Waals surface area contributed by atoms with E-state index >= 15 is 0 Å². The summed E-state index contributed by atoms with van der Waals surface area (Å²) in [4.78, 5) is 0. The van der Waals surface area contributed by atoms with Crippen LogP contribution in [0.4, 0.5) is 0 Å². The molecule has 1 atom stereocenters. The molecule has 0 fully saturated rings. The first-order valence-corrected chi connectivity index (χ1v) is 8.04. The Morgan fingerprint density at radius 2 is 1.59 bits per heavy atom. The lowest BCUT2D eigenvalue weighted by molar-refractivity contribution is 0.262. The van der Waals surface area contributed by atoms with E-state index in [1.807, 2.05) is 0 Å². The molecule has 4 nitrogen and oxygen atoms in total. The average molecular weight is 286 g/mol. The van der Waals surface area contributed by atoms with Crippen molar-refractivity contribution in [3.8, 4) is 0 Å². The highest BCUT2D eigenvalue weighted by Gasteiger charge is 2.16. The van der Waals surface area contributed by atoms with Crippen LogP contribution in [0.15, 0.2) is 0 Å². The lowest BCUT2D eigenvalue weighted by Gasteiger charge is -2.12. The summed E-state index contributed by atoms with van der Waals surface area (Å²) in [6.07, 6.45) is 4.39. The van der Waals surface area contributed by atoms with Crippen LogP contribution in [0.2, 0.25) is 0 Å². The van der Waals surface area contributed by atoms with Crippen LogP contribution in [0.5, 0.6) is 0 Å². The summed E-state index contributed by atoms with van der Waals surface area (Å²) in [5.41, 5.74) is 0. The minimum absolute atomic E-state index is 0.0220. The van der Waals surface area contributed by atoms with Crippen molar-refractivity contribution in [2.24, 2.45) is 5.92 Å². The smallest absolute Gasteiger partial charge is 0.217 e. The van der Waals surface area contributed by atoms with Crippen LogP contribution in [0.1, 0.15) is 53.4 Å². The largest absolute Gasteiger partial charge is 0.726 e. The van der Waals surface area contributed by atoms with Crippen molar-refractivity contribution in [2.75, 3.05) is 6.61 Å². The van der Waals surface area contributed by atoms with Gasteiger partial charge in [0, 0.05) is 5.92 Å². The van der Waals surface area contributed by atoms with E-state index in [1.54, 1.807) is 6.92 Å². The molecule has 17 heavy (non-hydrogen) atoms. The second kappa shape index (κ2) is 11.3. The Hall–Kier alpha value is 0.220. The summed E-state index contributed by atoms with van der Waals surface area (Å²) in [7, 11) is -4.44. The first-order chi connectivity index (χ1) is 7.82. The van der Waals surface area contributed by atoms with Gasteiger partial charge in [-0.1, -0.05) is 27.7 Å². The SMILES string of the molecule is CCC([SH2+])C(CC)CC.CCCOS(=O)(=O)[O-]. The zero-order chi connectivity index (χ0) is 13.9. The fourth-order valence-electron chi connectivity index (χ4n) is 1.38. The quantitative estimate of drug-likeness (QED) is 0.408. The average Bonchev–Trinajstić information content (AvgIpc) is 2.27. The van der Waals surface area contributed by atoms with Crippen LogP contribution in [0, 0.1) is 5.92 Å². The van der Waals surface area contributed by atoms with Gasteiger partial charge < -0.3 is 4.55 Å². The van der Waals surface area contributed by atoms with E-state index in [2.05, 4.69) is 37.6 Å². The van der Waals surface area contributed by atoms with Gasteiger partial charge in [0.1, 0.15) is 5.25 Å². The monoisotopic (exact) mass is 286 g/mol. The molecule has 0 spiro atoms. The molecule has 106 valence electrons. The number of hydrogen-bond acceptors (Lipinski definition) is 4. The standard InChI is InChI=1S/C8H18S.C3H8O4S/c1-4-7(5-2)8(9)6-3;1-2-3-7-8(4,5)6/h7-9H,4-6H2,1-3H3;2-3H2,1H3,(H,4,5,6). The van der Waals surface area contributed by atoms with Gasteiger partial charge in [0.15, 0.2) is 0 Å². The highest BCUT2D eigenvalue weighted by molar-refractivity contribution is 7.80. The number of hydrogen-bond donors (Lipinski definition) is 0. The molecule has 0 saturated heterocycles. The topological polar surface area (TPSA) is 66.4 Å². The molecular weight excluding hydrogens is 260 g/mol. The maximum atomic E-state index is 9.61. The van der Waals surface area contributed by atoms with Crippen LogP contribution < -0.4 is 0 Å². The van der Waals surface area contributed by atoms with Crippen molar-refractivity contribution in [2.45, 2.75) is 58.6 Å². The van der Waals surface area contributed by atoms with Crippen molar-refractivity contribution >= 4 is 23.0 Å². The first kappa shape index (κ1) is 19.6. The van der Waals surface area contributed by atoms with E-state index in [0.29, 0.717) is 6.42 Å².